The molecule has 7 heteroatoms. The molecule has 0 saturated carbocycles. The van der Waals surface area contributed by atoms with Gasteiger partial charge in [-0.15, -0.1) is 0 Å². The summed E-state index contributed by atoms with van der Waals surface area (Å²) in [7, 11) is 1.60. The Labute approximate surface area is 146 Å². The largest absolute Gasteiger partial charge is 0.396 e. The molecular formula is C18H25F3N2O2. The highest BCUT2D eigenvalue weighted by molar-refractivity contribution is 5.77. The quantitative estimate of drug-likeness (QED) is 0.788. The highest BCUT2D eigenvalue weighted by Crippen LogP contribution is 2.37. The molecule has 1 aromatic rings. The molecule has 0 radical (unpaired) electrons. The first-order chi connectivity index (χ1) is 11.9. The van der Waals surface area contributed by atoms with Crippen LogP contribution in [0.2, 0.25) is 0 Å². The third kappa shape index (κ3) is 5.71. The zero-order valence-electron chi connectivity index (χ0n) is 14.4. The molecule has 0 bridgehead atoms. The molecule has 1 aromatic carbocycles. The average Bonchev–Trinajstić information content (AvgIpc) is 2.59. The van der Waals surface area contributed by atoms with Crippen LogP contribution < -0.4 is 10.6 Å². The molecule has 1 saturated heterocycles. The summed E-state index contributed by atoms with van der Waals surface area (Å²) in [6.45, 7) is 2.44. The number of carbonyl (C=O) groups is 1. The number of hydrogen-bond donors (Lipinski definition) is 2. The molecule has 4 nitrogen and oxygen atoms in total. The molecule has 1 aliphatic rings. The van der Waals surface area contributed by atoms with Crippen LogP contribution >= 0.6 is 0 Å². The lowest BCUT2D eigenvalue weighted by Gasteiger charge is -2.37. The van der Waals surface area contributed by atoms with Crippen molar-refractivity contribution in [3.8, 4) is 0 Å². The van der Waals surface area contributed by atoms with E-state index in [1.54, 1.807) is 25.3 Å². The van der Waals surface area contributed by atoms with Gasteiger partial charge in [0.15, 0.2) is 0 Å². The molecule has 1 fully saturated rings. The second-order valence-electron chi connectivity index (χ2n) is 6.67. The minimum absolute atomic E-state index is 0.110. The van der Waals surface area contributed by atoms with E-state index in [0.29, 0.717) is 13.2 Å². The SMILES string of the molecule is COCC1(CNC(=O)CC(c2ccccc2)C(F)(F)F)CCNCC1. The number of nitrogens with one attached hydrogen (secondary N) is 2. The zero-order valence-corrected chi connectivity index (χ0v) is 14.4. The van der Waals surface area contributed by atoms with Crippen molar-refractivity contribution in [2.24, 2.45) is 5.41 Å². The first kappa shape index (κ1) is 19.7. The average molecular weight is 358 g/mol. The fourth-order valence-electron chi connectivity index (χ4n) is 3.29. The van der Waals surface area contributed by atoms with E-state index in [0.717, 1.165) is 25.9 Å². The Morgan fingerprint density at radius 3 is 2.48 bits per heavy atom. The number of piperidine rings is 1. The van der Waals surface area contributed by atoms with Gasteiger partial charge in [0.2, 0.25) is 5.91 Å². The Bertz CT molecular complexity index is 537. The maximum atomic E-state index is 13.3. The van der Waals surface area contributed by atoms with Crippen molar-refractivity contribution in [3.05, 3.63) is 35.9 Å². The molecule has 25 heavy (non-hydrogen) atoms. The molecule has 0 aliphatic carbocycles. The number of halogens is 3. The molecule has 2 N–H and O–H groups in total. The molecule has 2 rings (SSSR count). The Balaban J connectivity index is 1.99. The van der Waals surface area contributed by atoms with Crippen LogP contribution in [0.1, 0.15) is 30.7 Å². The maximum Gasteiger partial charge on any atom is 0.396 e. The third-order valence-electron chi connectivity index (χ3n) is 4.76. The van der Waals surface area contributed by atoms with Crippen molar-refractivity contribution in [2.45, 2.75) is 31.4 Å². The van der Waals surface area contributed by atoms with Crippen LogP contribution in [-0.4, -0.2) is 45.4 Å². The van der Waals surface area contributed by atoms with E-state index in [2.05, 4.69) is 10.6 Å². The monoisotopic (exact) mass is 358 g/mol. The van der Waals surface area contributed by atoms with E-state index in [1.165, 1.54) is 12.1 Å². The maximum absolute atomic E-state index is 13.3. The summed E-state index contributed by atoms with van der Waals surface area (Å²) in [5, 5.41) is 5.95. The first-order valence-corrected chi connectivity index (χ1v) is 8.44. The molecule has 140 valence electrons. The van der Waals surface area contributed by atoms with Crippen LogP contribution in [-0.2, 0) is 9.53 Å². The van der Waals surface area contributed by atoms with Crippen LogP contribution in [0.25, 0.3) is 0 Å². The molecule has 1 atom stereocenters. The van der Waals surface area contributed by atoms with E-state index >= 15 is 0 Å². The predicted molar refractivity (Wildman–Crippen MR) is 89.3 cm³/mol. The number of benzene rings is 1. The lowest BCUT2D eigenvalue weighted by molar-refractivity contribution is -0.157. The van der Waals surface area contributed by atoms with E-state index in [1.807, 2.05) is 0 Å². The number of carbonyl (C=O) groups excluding carboxylic acids is 1. The number of rotatable bonds is 7. The summed E-state index contributed by atoms with van der Waals surface area (Å²) in [5.74, 6) is -2.37. The Morgan fingerprint density at radius 1 is 1.28 bits per heavy atom. The summed E-state index contributed by atoms with van der Waals surface area (Å²) in [6, 6.07) is 7.57. The highest BCUT2D eigenvalue weighted by atomic mass is 19.4. The van der Waals surface area contributed by atoms with Gasteiger partial charge in [-0.1, -0.05) is 30.3 Å². The van der Waals surface area contributed by atoms with Gasteiger partial charge in [0, 0.05) is 25.5 Å². The van der Waals surface area contributed by atoms with Crippen molar-refractivity contribution in [1.82, 2.24) is 10.6 Å². The molecule has 0 spiro atoms. The minimum Gasteiger partial charge on any atom is -0.384 e. The standard InChI is InChI=1S/C18H25F3N2O2/c1-25-13-17(7-9-22-10-8-17)12-23-16(24)11-15(18(19,20)21)14-5-3-2-4-6-14/h2-6,15,22H,7-13H2,1H3,(H,23,24). The molecule has 1 unspecified atom stereocenters. The molecule has 1 heterocycles. The summed E-state index contributed by atoms with van der Waals surface area (Å²) in [6.07, 6.45) is -3.42. The van der Waals surface area contributed by atoms with Gasteiger partial charge in [0.25, 0.3) is 0 Å². The van der Waals surface area contributed by atoms with Gasteiger partial charge in [-0.3, -0.25) is 4.79 Å². The number of hydrogen-bond acceptors (Lipinski definition) is 3. The fraction of sp³-hybridized carbons (Fsp3) is 0.611. The van der Waals surface area contributed by atoms with Crippen molar-refractivity contribution in [3.63, 3.8) is 0 Å². The van der Waals surface area contributed by atoms with Gasteiger partial charge in [-0.25, -0.2) is 0 Å². The predicted octanol–water partition coefficient (Wildman–Crippen LogP) is 2.86. The second kappa shape index (κ2) is 8.67. The zero-order chi connectivity index (χ0) is 18.3. The normalized spacial score (nSPS) is 18.6. The van der Waals surface area contributed by atoms with E-state index in [-0.39, 0.29) is 11.0 Å². The summed E-state index contributed by atoms with van der Waals surface area (Å²) in [5.41, 5.74) is -0.102. The molecular weight excluding hydrogens is 333 g/mol. The van der Waals surface area contributed by atoms with Crippen LogP contribution in [0.15, 0.2) is 30.3 Å². The lowest BCUT2D eigenvalue weighted by Crippen LogP contribution is -2.47. The third-order valence-corrected chi connectivity index (χ3v) is 4.76. The molecule has 0 aromatic heterocycles. The van der Waals surface area contributed by atoms with Crippen molar-refractivity contribution < 1.29 is 22.7 Å². The highest BCUT2D eigenvalue weighted by Gasteiger charge is 2.42. The Morgan fingerprint density at radius 2 is 1.92 bits per heavy atom. The van der Waals surface area contributed by atoms with Gasteiger partial charge >= 0.3 is 6.18 Å². The molecule has 1 amide bonds. The van der Waals surface area contributed by atoms with Crippen molar-refractivity contribution in [2.75, 3.05) is 33.4 Å². The van der Waals surface area contributed by atoms with E-state index < -0.39 is 24.4 Å². The molecule has 1 aliphatic heterocycles. The number of methoxy groups -OCH3 is 1. The van der Waals surface area contributed by atoms with Crippen LogP contribution in [0.3, 0.4) is 0 Å². The topological polar surface area (TPSA) is 50.4 Å². The van der Waals surface area contributed by atoms with Gasteiger partial charge in [-0.05, 0) is 31.5 Å². The number of ether oxygens (including phenoxy) is 1. The van der Waals surface area contributed by atoms with Gasteiger partial charge in [0.05, 0.1) is 12.5 Å². The van der Waals surface area contributed by atoms with Gasteiger partial charge in [0.1, 0.15) is 0 Å². The number of alkyl halides is 3. The van der Waals surface area contributed by atoms with Crippen LogP contribution in [0.5, 0.6) is 0 Å². The number of amides is 1. The second-order valence-corrected chi connectivity index (χ2v) is 6.67. The first-order valence-electron chi connectivity index (χ1n) is 8.44. The fourth-order valence-corrected chi connectivity index (χ4v) is 3.29. The lowest BCUT2D eigenvalue weighted by atomic mass is 9.79. The smallest absolute Gasteiger partial charge is 0.384 e. The van der Waals surface area contributed by atoms with Gasteiger partial charge < -0.3 is 15.4 Å². The van der Waals surface area contributed by atoms with E-state index in [9.17, 15) is 18.0 Å². The van der Waals surface area contributed by atoms with Crippen LogP contribution in [0.4, 0.5) is 13.2 Å². The Kier molecular flexibility index (Phi) is 6.84. The summed E-state index contributed by atoms with van der Waals surface area (Å²) in [4.78, 5) is 12.2. The minimum atomic E-state index is -4.46. The summed E-state index contributed by atoms with van der Waals surface area (Å²) < 4.78 is 45.3. The van der Waals surface area contributed by atoms with Crippen molar-refractivity contribution in [1.29, 1.82) is 0 Å². The van der Waals surface area contributed by atoms with Gasteiger partial charge in [-0.2, -0.15) is 13.2 Å². The Hall–Kier alpha value is -1.60. The van der Waals surface area contributed by atoms with E-state index in [4.69, 9.17) is 4.74 Å². The van der Waals surface area contributed by atoms with Crippen LogP contribution in [0, 0.1) is 5.41 Å². The van der Waals surface area contributed by atoms with Crippen molar-refractivity contribution >= 4 is 5.91 Å². The summed E-state index contributed by atoms with van der Waals surface area (Å²) >= 11 is 0.